The maximum Gasteiger partial charge on any atom is 0.312 e. The second kappa shape index (κ2) is 7.28. The lowest BCUT2D eigenvalue weighted by molar-refractivity contribution is -0.147. The number of ketones is 1. The van der Waals surface area contributed by atoms with E-state index < -0.39 is 24.3 Å². The molecule has 0 saturated carbocycles. The molecule has 8 heteroatoms. The van der Waals surface area contributed by atoms with Crippen LogP contribution in [-0.2, 0) is 20.7 Å². The van der Waals surface area contributed by atoms with Crippen LogP contribution in [0.25, 0.3) is 10.8 Å². The van der Waals surface area contributed by atoms with Crippen LogP contribution in [0, 0.1) is 22.7 Å². The first-order valence-corrected chi connectivity index (χ1v) is 7.03. The van der Waals surface area contributed by atoms with Gasteiger partial charge in [0.05, 0.1) is 23.6 Å². The minimum atomic E-state index is -1.22. The van der Waals surface area contributed by atoms with E-state index in [1.807, 2.05) is 0 Å². The molecule has 0 saturated heterocycles. The molecule has 0 fully saturated rings. The van der Waals surface area contributed by atoms with Crippen LogP contribution in [0.1, 0.15) is 12.6 Å². The Bertz CT molecular complexity index is 910. The monoisotopic (exact) mass is 326 g/mol. The number of carbonyl (C=O) groups excluding carboxylic acids is 2. The van der Waals surface area contributed by atoms with Crippen molar-refractivity contribution in [2.24, 2.45) is 5.92 Å². The van der Waals surface area contributed by atoms with Crippen LogP contribution in [0.5, 0.6) is 0 Å². The van der Waals surface area contributed by atoms with Crippen molar-refractivity contribution in [3.05, 3.63) is 40.3 Å². The summed E-state index contributed by atoms with van der Waals surface area (Å²) in [6.07, 6.45) is -0.231. The third-order valence-corrected chi connectivity index (χ3v) is 3.35. The fourth-order valence-electron chi connectivity index (χ4n) is 2.14. The molecule has 0 aliphatic heterocycles. The Morgan fingerprint density at radius 3 is 2.67 bits per heavy atom. The van der Waals surface area contributed by atoms with Crippen molar-refractivity contribution in [1.29, 1.82) is 10.7 Å². The molecule has 0 aliphatic rings. The maximum atomic E-state index is 11.9. The molecule has 2 rings (SSSR count). The largest absolute Gasteiger partial charge is 0.457 e. The van der Waals surface area contributed by atoms with Gasteiger partial charge in [-0.25, -0.2) is 5.10 Å². The van der Waals surface area contributed by atoms with Gasteiger partial charge in [-0.05, 0) is 13.0 Å². The van der Waals surface area contributed by atoms with Gasteiger partial charge in [0.1, 0.15) is 5.92 Å². The number of aromatic nitrogens is 2. The molecule has 1 aromatic carbocycles. The van der Waals surface area contributed by atoms with E-state index in [1.54, 1.807) is 30.3 Å². The number of esters is 1. The number of hydrogen-bond acceptors (Lipinski definition) is 7. The third-order valence-electron chi connectivity index (χ3n) is 3.35. The summed E-state index contributed by atoms with van der Waals surface area (Å²) in [5, 5.41) is 23.2. The highest BCUT2D eigenvalue weighted by Crippen LogP contribution is 2.13. The van der Waals surface area contributed by atoms with Gasteiger partial charge >= 0.3 is 5.97 Å². The number of nitrogens with one attached hydrogen (secondary N) is 2. The molecular weight excluding hydrogens is 312 g/mol. The van der Waals surface area contributed by atoms with Gasteiger partial charge in [0.2, 0.25) is 0 Å². The lowest BCUT2D eigenvalue weighted by Crippen LogP contribution is -2.26. The number of aromatic amines is 1. The van der Waals surface area contributed by atoms with E-state index in [9.17, 15) is 14.4 Å². The van der Waals surface area contributed by atoms with Crippen LogP contribution in [-0.4, -0.2) is 34.3 Å². The Kier molecular flexibility index (Phi) is 5.16. The van der Waals surface area contributed by atoms with Gasteiger partial charge in [-0.3, -0.25) is 14.4 Å². The molecule has 0 aliphatic carbocycles. The Balaban J connectivity index is 2.08. The number of fused-ring (bicyclic) bond motifs is 1. The highest BCUT2D eigenvalue weighted by Gasteiger charge is 2.22. The zero-order chi connectivity index (χ0) is 17.7. The van der Waals surface area contributed by atoms with Crippen LogP contribution in [0.2, 0.25) is 0 Å². The average Bonchev–Trinajstić information content (AvgIpc) is 2.56. The SMILES string of the molecule is CC(=N)C(C#N)C(=O)COC(=O)Cc1n[nH]c(=O)c2ccccc12. The summed E-state index contributed by atoms with van der Waals surface area (Å²) < 4.78 is 4.85. The smallest absolute Gasteiger partial charge is 0.312 e. The molecule has 0 bridgehead atoms. The normalized spacial score (nSPS) is 11.5. The average molecular weight is 326 g/mol. The predicted octanol–water partition coefficient (Wildman–Crippen LogP) is 0.757. The van der Waals surface area contributed by atoms with E-state index in [4.69, 9.17) is 15.4 Å². The molecule has 24 heavy (non-hydrogen) atoms. The molecule has 0 spiro atoms. The summed E-state index contributed by atoms with van der Waals surface area (Å²) >= 11 is 0. The number of benzene rings is 1. The number of Topliss-reactive ketones (excluding diaryl/α,β-unsaturated/α-hetero) is 1. The topological polar surface area (TPSA) is 137 Å². The minimum Gasteiger partial charge on any atom is -0.457 e. The number of H-pyrrole nitrogens is 1. The third kappa shape index (κ3) is 3.70. The van der Waals surface area contributed by atoms with Crippen molar-refractivity contribution >= 4 is 28.2 Å². The first-order valence-electron chi connectivity index (χ1n) is 7.03. The summed E-state index contributed by atoms with van der Waals surface area (Å²) in [6.45, 7) is 0.749. The lowest BCUT2D eigenvalue weighted by atomic mass is 10.0. The van der Waals surface area contributed by atoms with Crippen LogP contribution in [0.15, 0.2) is 29.1 Å². The number of rotatable bonds is 6. The molecule has 0 amide bonds. The van der Waals surface area contributed by atoms with Crippen molar-refractivity contribution in [3.63, 3.8) is 0 Å². The van der Waals surface area contributed by atoms with E-state index in [-0.39, 0.29) is 17.7 Å². The van der Waals surface area contributed by atoms with E-state index in [2.05, 4.69) is 10.2 Å². The van der Waals surface area contributed by atoms with Gasteiger partial charge in [0, 0.05) is 11.1 Å². The van der Waals surface area contributed by atoms with Gasteiger partial charge < -0.3 is 10.1 Å². The number of hydrogen-bond donors (Lipinski definition) is 2. The standard InChI is InChI=1S/C16H14N4O4/c1-9(18)12(7-17)14(21)8-24-15(22)6-13-10-4-2-3-5-11(10)16(23)20-19-13/h2-5,12,18H,6,8H2,1H3,(H,20,23). The zero-order valence-corrected chi connectivity index (χ0v) is 12.8. The van der Waals surface area contributed by atoms with E-state index in [0.29, 0.717) is 16.5 Å². The maximum absolute atomic E-state index is 11.9. The molecule has 1 heterocycles. The van der Waals surface area contributed by atoms with Gasteiger partial charge in [0.15, 0.2) is 12.4 Å². The first kappa shape index (κ1) is 17.0. The highest BCUT2D eigenvalue weighted by molar-refractivity contribution is 6.06. The van der Waals surface area contributed by atoms with E-state index in [0.717, 1.165) is 0 Å². The number of ether oxygens (including phenoxy) is 1. The molecule has 122 valence electrons. The lowest BCUT2D eigenvalue weighted by Gasteiger charge is -2.08. The summed E-state index contributed by atoms with van der Waals surface area (Å²) in [7, 11) is 0. The van der Waals surface area contributed by atoms with Gasteiger partial charge in [0.25, 0.3) is 5.56 Å². The van der Waals surface area contributed by atoms with Crippen molar-refractivity contribution < 1.29 is 14.3 Å². The van der Waals surface area contributed by atoms with Crippen LogP contribution in [0.3, 0.4) is 0 Å². The fourth-order valence-corrected chi connectivity index (χ4v) is 2.14. The van der Waals surface area contributed by atoms with Gasteiger partial charge in [-0.1, -0.05) is 18.2 Å². The highest BCUT2D eigenvalue weighted by atomic mass is 16.5. The van der Waals surface area contributed by atoms with Gasteiger partial charge in [-0.15, -0.1) is 0 Å². The van der Waals surface area contributed by atoms with E-state index >= 15 is 0 Å². The van der Waals surface area contributed by atoms with Crippen LogP contribution < -0.4 is 5.56 Å². The molecular formula is C16H14N4O4. The molecule has 1 atom stereocenters. The molecule has 2 aromatic rings. The number of carbonyl (C=O) groups is 2. The molecule has 1 unspecified atom stereocenters. The quantitative estimate of drug-likeness (QED) is 0.594. The molecule has 1 aromatic heterocycles. The number of nitrogens with zero attached hydrogens (tertiary/aromatic N) is 2. The summed E-state index contributed by atoms with van der Waals surface area (Å²) in [5.41, 5.74) is -0.147. The Morgan fingerprint density at radius 1 is 1.38 bits per heavy atom. The van der Waals surface area contributed by atoms with Crippen LogP contribution in [0.4, 0.5) is 0 Å². The first-order chi connectivity index (χ1) is 11.4. The van der Waals surface area contributed by atoms with Crippen molar-refractivity contribution in [3.8, 4) is 6.07 Å². The predicted molar refractivity (Wildman–Crippen MR) is 84.5 cm³/mol. The summed E-state index contributed by atoms with van der Waals surface area (Å²) in [6, 6.07) is 8.37. The van der Waals surface area contributed by atoms with Crippen LogP contribution >= 0.6 is 0 Å². The van der Waals surface area contributed by atoms with Crippen molar-refractivity contribution in [2.45, 2.75) is 13.3 Å². The zero-order valence-electron chi connectivity index (χ0n) is 12.8. The second-order valence-electron chi connectivity index (χ2n) is 5.09. The summed E-state index contributed by atoms with van der Waals surface area (Å²) in [5.74, 6) is -2.59. The Morgan fingerprint density at radius 2 is 2.04 bits per heavy atom. The molecule has 2 N–H and O–H groups in total. The molecule has 8 nitrogen and oxygen atoms in total. The minimum absolute atomic E-state index is 0.105. The van der Waals surface area contributed by atoms with Crippen molar-refractivity contribution in [1.82, 2.24) is 10.2 Å². The van der Waals surface area contributed by atoms with Gasteiger partial charge in [-0.2, -0.15) is 10.4 Å². The molecule has 0 radical (unpaired) electrons. The second-order valence-corrected chi connectivity index (χ2v) is 5.09. The Hall–Kier alpha value is -3.34. The Labute approximate surface area is 136 Å². The van der Waals surface area contributed by atoms with E-state index in [1.165, 1.54) is 6.92 Å². The van der Waals surface area contributed by atoms with Crippen molar-refractivity contribution in [2.75, 3.05) is 6.61 Å². The summed E-state index contributed by atoms with van der Waals surface area (Å²) in [4.78, 5) is 35.3. The fraction of sp³-hybridized carbons (Fsp3) is 0.250. The number of nitriles is 1.